The van der Waals surface area contributed by atoms with Gasteiger partial charge in [-0.3, -0.25) is 0 Å². The number of aromatic nitrogens is 1. The summed E-state index contributed by atoms with van der Waals surface area (Å²) in [5, 5.41) is 4.19. The molecular formula is C8H12N2S. The largest absolute Gasteiger partial charge is 0.319 e. The molecule has 0 atom stereocenters. The molecule has 1 N–H and O–H groups in total. The zero-order chi connectivity index (χ0) is 7.94. The predicted octanol–water partition coefficient (Wildman–Crippen LogP) is 1.39. The van der Waals surface area contributed by atoms with E-state index < -0.39 is 0 Å². The fraction of sp³-hybridized carbons (Fsp3) is 0.375. The lowest BCUT2D eigenvalue weighted by Gasteiger charge is -1.98. The Morgan fingerprint density at radius 2 is 2.45 bits per heavy atom. The third-order valence-corrected chi connectivity index (χ3v) is 2.19. The average Bonchev–Trinajstić information content (AvgIpc) is 2.07. The number of rotatable bonds is 4. The van der Waals surface area contributed by atoms with Crippen molar-refractivity contribution in [2.24, 2.45) is 0 Å². The van der Waals surface area contributed by atoms with Crippen LogP contribution in [0.15, 0.2) is 29.4 Å². The van der Waals surface area contributed by atoms with Crippen LogP contribution in [0.4, 0.5) is 0 Å². The van der Waals surface area contributed by atoms with Crippen LogP contribution >= 0.6 is 11.8 Å². The van der Waals surface area contributed by atoms with E-state index in [0.29, 0.717) is 0 Å². The maximum Gasteiger partial charge on any atom is 0.0960 e. The van der Waals surface area contributed by atoms with Gasteiger partial charge in [-0.15, -0.1) is 11.8 Å². The minimum Gasteiger partial charge on any atom is -0.319 e. The van der Waals surface area contributed by atoms with Crippen LogP contribution in [0.25, 0.3) is 0 Å². The first-order valence-corrected chi connectivity index (χ1v) is 4.60. The standard InChI is InChI=1S/C8H12N2S/c1-9-6-7-11-8-4-2-3-5-10-8/h2-5,9H,6-7H2,1H3. The van der Waals surface area contributed by atoms with Crippen molar-refractivity contribution in [1.82, 2.24) is 10.3 Å². The molecule has 0 aliphatic heterocycles. The molecule has 60 valence electrons. The molecule has 0 saturated heterocycles. The summed E-state index contributed by atoms with van der Waals surface area (Å²) in [5.41, 5.74) is 0. The Kier molecular flexibility index (Phi) is 4.01. The summed E-state index contributed by atoms with van der Waals surface area (Å²) in [5.74, 6) is 1.08. The Hall–Kier alpha value is -0.540. The predicted molar refractivity (Wildman–Crippen MR) is 48.9 cm³/mol. The highest BCUT2D eigenvalue weighted by molar-refractivity contribution is 7.99. The van der Waals surface area contributed by atoms with Crippen LogP contribution in [-0.4, -0.2) is 24.3 Å². The van der Waals surface area contributed by atoms with Gasteiger partial charge in [0.15, 0.2) is 0 Å². The first-order chi connectivity index (χ1) is 5.43. The van der Waals surface area contributed by atoms with Crippen molar-refractivity contribution >= 4 is 11.8 Å². The van der Waals surface area contributed by atoms with E-state index in [1.807, 2.05) is 31.4 Å². The van der Waals surface area contributed by atoms with Crippen LogP contribution in [0, 0.1) is 0 Å². The first kappa shape index (κ1) is 8.56. The van der Waals surface area contributed by atoms with Crippen molar-refractivity contribution in [1.29, 1.82) is 0 Å². The van der Waals surface area contributed by atoms with Crippen LogP contribution in [0.2, 0.25) is 0 Å². The molecule has 1 rings (SSSR count). The smallest absolute Gasteiger partial charge is 0.0960 e. The lowest BCUT2D eigenvalue weighted by molar-refractivity contribution is 0.871. The monoisotopic (exact) mass is 168 g/mol. The fourth-order valence-corrected chi connectivity index (χ4v) is 1.52. The van der Waals surface area contributed by atoms with Gasteiger partial charge in [0, 0.05) is 18.5 Å². The Balaban J connectivity index is 2.28. The molecule has 3 heteroatoms. The molecule has 0 aliphatic rings. The molecule has 1 aromatic rings. The summed E-state index contributed by atoms with van der Waals surface area (Å²) >= 11 is 1.77. The third kappa shape index (κ3) is 3.39. The van der Waals surface area contributed by atoms with E-state index >= 15 is 0 Å². The fourth-order valence-electron chi connectivity index (χ4n) is 0.690. The van der Waals surface area contributed by atoms with Gasteiger partial charge in [0.05, 0.1) is 5.03 Å². The molecule has 0 saturated carbocycles. The molecular weight excluding hydrogens is 156 g/mol. The van der Waals surface area contributed by atoms with Crippen molar-refractivity contribution in [2.45, 2.75) is 5.03 Å². The zero-order valence-electron chi connectivity index (χ0n) is 6.58. The van der Waals surface area contributed by atoms with Gasteiger partial charge in [-0.05, 0) is 19.2 Å². The molecule has 0 aliphatic carbocycles. The van der Waals surface area contributed by atoms with Gasteiger partial charge < -0.3 is 5.32 Å². The number of pyridine rings is 1. The summed E-state index contributed by atoms with van der Waals surface area (Å²) < 4.78 is 0. The molecule has 11 heavy (non-hydrogen) atoms. The number of hydrogen-bond acceptors (Lipinski definition) is 3. The van der Waals surface area contributed by atoms with Crippen LogP contribution in [0.1, 0.15) is 0 Å². The van der Waals surface area contributed by atoms with Crippen LogP contribution in [0.5, 0.6) is 0 Å². The van der Waals surface area contributed by atoms with Crippen LogP contribution in [-0.2, 0) is 0 Å². The van der Waals surface area contributed by atoms with Gasteiger partial charge >= 0.3 is 0 Å². The average molecular weight is 168 g/mol. The molecule has 0 amide bonds. The second-order valence-electron chi connectivity index (χ2n) is 2.12. The van der Waals surface area contributed by atoms with E-state index in [0.717, 1.165) is 17.3 Å². The van der Waals surface area contributed by atoms with Gasteiger partial charge in [0.25, 0.3) is 0 Å². The SMILES string of the molecule is CNCCSc1ccccn1. The van der Waals surface area contributed by atoms with E-state index in [1.165, 1.54) is 0 Å². The van der Waals surface area contributed by atoms with E-state index in [-0.39, 0.29) is 0 Å². The first-order valence-electron chi connectivity index (χ1n) is 3.62. The molecule has 0 unspecified atom stereocenters. The Morgan fingerprint density at radius 1 is 1.55 bits per heavy atom. The van der Waals surface area contributed by atoms with Crippen LogP contribution < -0.4 is 5.32 Å². The highest BCUT2D eigenvalue weighted by atomic mass is 32.2. The van der Waals surface area contributed by atoms with Gasteiger partial charge in [-0.25, -0.2) is 4.98 Å². The molecule has 1 heterocycles. The second kappa shape index (κ2) is 5.16. The lowest BCUT2D eigenvalue weighted by Crippen LogP contribution is -2.09. The van der Waals surface area contributed by atoms with Crippen molar-refractivity contribution in [3.8, 4) is 0 Å². The Labute approximate surface area is 71.4 Å². The van der Waals surface area contributed by atoms with E-state index in [1.54, 1.807) is 11.8 Å². The third-order valence-electron chi connectivity index (χ3n) is 1.24. The number of hydrogen-bond donors (Lipinski definition) is 1. The summed E-state index contributed by atoms with van der Waals surface area (Å²) in [6.45, 7) is 1.03. The highest BCUT2D eigenvalue weighted by Gasteiger charge is 1.90. The molecule has 0 aromatic carbocycles. The van der Waals surface area contributed by atoms with Crippen molar-refractivity contribution in [3.63, 3.8) is 0 Å². The van der Waals surface area contributed by atoms with Crippen molar-refractivity contribution in [2.75, 3.05) is 19.3 Å². The molecule has 2 nitrogen and oxygen atoms in total. The quantitative estimate of drug-likeness (QED) is 0.543. The molecule has 0 bridgehead atoms. The topological polar surface area (TPSA) is 24.9 Å². The Morgan fingerprint density at radius 3 is 3.09 bits per heavy atom. The lowest BCUT2D eigenvalue weighted by atomic mass is 10.5. The van der Waals surface area contributed by atoms with E-state index in [4.69, 9.17) is 0 Å². The summed E-state index contributed by atoms with van der Waals surface area (Å²) in [6, 6.07) is 5.97. The van der Waals surface area contributed by atoms with Gasteiger partial charge in [0.2, 0.25) is 0 Å². The Bertz CT molecular complexity index is 189. The number of nitrogens with zero attached hydrogens (tertiary/aromatic N) is 1. The summed E-state index contributed by atoms with van der Waals surface area (Å²) in [4.78, 5) is 4.19. The second-order valence-corrected chi connectivity index (χ2v) is 3.24. The van der Waals surface area contributed by atoms with Gasteiger partial charge in [-0.1, -0.05) is 6.07 Å². The van der Waals surface area contributed by atoms with E-state index in [9.17, 15) is 0 Å². The maximum atomic E-state index is 4.19. The van der Waals surface area contributed by atoms with Gasteiger partial charge in [0.1, 0.15) is 0 Å². The highest BCUT2D eigenvalue weighted by Crippen LogP contribution is 2.12. The van der Waals surface area contributed by atoms with E-state index in [2.05, 4.69) is 10.3 Å². The van der Waals surface area contributed by atoms with Crippen LogP contribution in [0.3, 0.4) is 0 Å². The number of thioether (sulfide) groups is 1. The zero-order valence-corrected chi connectivity index (χ0v) is 7.40. The minimum atomic E-state index is 1.03. The normalized spacial score (nSPS) is 9.91. The molecule has 0 spiro atoms. The van der Waals surface area contributed by atoms with Crippen molar-refractivity contribution < 1.29 is 0 Å². The van der Waals surface area contributed by atoms with Crippen molar-refractivity contribution in [3.05, 3.63) is 24.4 Å². The van der Waals surface area contributed by atoms with Gasteiger partial charge in [-0.2, -0.15) is 0 Å². The molecule has 1 aromatic heterocycles. The molecule has 0 radical (unpaired) electrons. The number of nitrogens with one attached hydrogen (secondary N) is 1. The summed E-state index contributed by atoms with van der Waals surface area (Å²) in [7, 11) is 1.96. The molecule has 0 fully saturated rings. The minimum absolute atomic E-state index is 1.03. The summed E-state index contributed by atoms with van der Waals surface area (Å²) in [6.07, 6.45) is 1.82. The maximum absolute atomic E-state index is 4.19.